The van der Waals surface area contributed by atoms with Crippen LogP contribution >= 0.6 is 34.8 Å². The van der Waals surface area contributed by atoms with Crippen LogP contribution in [0.15, 0.2) is 12.1 Å². The van der Waals surface area contributed by atoms with E-state index in [9.17, 15) is 18.9 Å². The first-order valence-electron chi connectivity index (χ1n) is 5.56. The SMILES string of the molecule is Cc1nc(-c2cc([N+](=O)[O-])c(Cl)cc2Cl)c(Cl)n1OC(F)F. The van der Waals surface area contributed by atoms with Crippen LogP contribution in [0.1, 0.15) is 5.82 Å². The third-order valence-electron chi connectivity index (χ3n) is 2.61. The summed E-state index contributed by atoms with van der Waals surface area (Å²) in [5, 5.41) is 10.5. The molecule has 2 aromatic rings. The second-order valence-electron chi connectivity index (χ2n) is 4.00. The number of alkyl halides is 2. The number of hydrogen-bond acceptors (Lipinski definition) is 4. The van der Waals surface area contributed by atoms with Crippen molar-refractivity contribution >= 4 is 40.5 Å². The first-order valence-corrected chi connectivity index (χ1v) is 6.69. The third kappa shape index (κ3) is 3.08. The highest BCUT2D eigenvalue weighted by Gasteiger charge is 2.24. The molecule has 0 fully saturated rings. The van der Waals surface area contributed by atoms with Gasteiger partial charge in [-0.05, 0) is 13.0 Å². The maximum atomic E-state index is 12.3. The van der Waals surface area contributed by atoms with Crippen molar-refractivity contribution in [3.05, 3.63) is 43.3 Å². The van der Waals surface area contributed by atoms with Gasteiger partial charge in [-0.3, -0.25) is 10.1 Å². The second-order valence-corrected chi connectivity index (χ2v) is 5.17. The van der Waals surface area contributed by atoms with Crippen molar-refractivity contribution < 1.29 is 18.5 Å². The Morgan fingerprint density at radius 3 is 2.50 bits per heavy atom. The molecule has 22 heavy (non-hydrogen) atoms. The molecule has 0 atom stereocenters. The van der Waals surface area contributed by atoms with Crippen LogP contribution < -0.4 is 4.84 Å². The van der Waals surface area contributed by atoms with Gasteiger partial charge in [-0.25, -0.2) is 4.98 Å². The number of hydrogen-bond donors (Lipinski definition) is 0. The molecular formula is C11H6Cl3F2N3O3. The molecule has 0 unspecified atom stereocenters. The minimum atomic E-state index is -3.12. The van der Waals surface area contributed by atoms with E-state index >= 15 is 0 Å². The molecule has 0 aliphatic carbocycles. The number of aryl methyl sites for hydroxylation is 1. The van der Waals surface area contributed by atoms with Gasteiger partial charge in [0, 0.05) is 11.6 Å². The number of nitro groups is 1. The van der Waals surface area contributed by atoms with Crippen molar-refractivity contribution in [2.24, 2.45) is 0 Å². The molecule has 0 bridgehead atoms. The predicted molar refractivity (Wildman–Crippen MR) is 76.7 cm³/mol. The summed E-state index contributed by atoms with van der Waals surface area (Å²) >= 11 is 17.6. The van der Waals surface area contributed by atoms with Crippen molar-refractivity contribution in [3.8, 4) is 11.3 Å². The number of nitrogens with zero attached hydrogens (tertiary/aromatic N) is 3. The van der Waals surface area contributed by atoms with Gasteiger partial charge in [0.15, 0.2) is 5.15 Å². The van der Waals surface area contributed by atoms with E-state index in [1.807, 2.05) is 0 Å². The van der Waals surface area contributed by atoms with Gasteiger partial charge in [0.05, 0.1) is 9.95 Å². The lowest BCUT2D eigenvalue weighted by Crippen LogP contribution is -2.18. The molecule has 6 nitrogen and oxygen atoms in total. The van der Waals surface area contributed by atoms with Crippen LogP contribution in [0.25, 0.3) is 11.3 Å². The normalized spacial score (nSPS) is 11.0. The molecule has 0 saturated heterocycles. The van der Waals surface area contributed by atoms with Crippen LogP contribution in [0.4, 0.5) is 14.5 Å². The summed E-state index contributed by atoms with van der Waals surface area (Å²) in [5.41, 5.74) is -0.383. The lowest BCUT2D eigenvalue weighted by atomic mass is 10.1. The number of imidazole rings is 1. The molecule has 0 spiro atoms. The van der Waals surface area contributed by atoms with E-state index in [0.29, 0.717) is 4.73 Å². The summed E-state index contributed by atoms with van der Waals surface area (Å²) < 4.78 is 25.3. The molecule has 118 valence electrons. The molecule has 0 N–H and O–H groups in total. The topological polar surface area (TPSA) is 70.2 Å². The fourth-order valence-corrected chi connectivity index (χ4v) is 2.57. The summed E-state index contributed by atoms with van der Waals surface area (Å²) in [6.45, 7) is -1.75. The fraction of sp³-hybridized carbons (Fsp3) is 0.182. The average Bonchev–Trinajstić information content (AvgIpc) is 2.66. The number of nitro benzene ring substituents is 1. The maximum absolute atomic E-state index is 12.3. The minimum absolute atomic E-state index is 0.0222. The smallest absolute Gasteiger partial charge is 0.341 e. The van der Waals surface area contributed by atoms with Gasteiger partial charge in [-0.15, -0.1) is 0 Å². The van der Waals surface area contributed by atoms with E-state index in [2.05, 4.69) is 9.82 Å². The number of aromatic nitrogens is 2. The molecule has 1 aromatic heterocycles. The lowest BCUT2D eigenvalue weighted by Gasteiger charge is -2.07. The van der Waals surface area contributed by atoms with E-state index in [-0.39, 0.29) is 32.3 Å². The first kappa shape index (κ1) is 16.7. The molecule has 11 heteroatoms. The van der Waals surface area contributed by atoms with E-state index in [1.165, 1.54) is 6.92 Å². The molecular weight excluding hydrogens is 366 g/mol. The Morgan fingerprint density at radius 2 is 1.95 bits per heavy atom. The van der Waals surface area contributed by atoms with Crippen LogP contribution in [0.2, 0.25) is 15.2 Å². The summed E-state index contributed by atoms with van der Waals surface area (Å²) in [5.74, 6) is 0.0222. The van der Waals surface area contributed by atoms with Gasteiger partial charge in [0.2, 0.25) is 0 Å². The summed E-state index contributed by atoms with van der Waals surface area (Å²) in [6, 6.07) is 2.21. The van der Waals surface area contributed by atoms with Crippen molar-refractivity contribution in [3.63, 3.8) is 0 Å². The molecule has 0 amide bonds. The highest BCUT2D eigenvalue weighted by molar-refractivity contribution is 6.38. The highest BCUT2D eigenvalue weighted by atomic mass is 35.5. The van der Waals surface area contributed by atoms with E-state index < -0.39 is 17.2 Å². The zero-order valence-electron chi connectivity index (χ0n) is 10.7. The fourth-order valence-electron chi connectivity index (χ4n) is 1.72. The van der Waals surface area contributed by atoms with Crippen LogP contribution in [0.3, 0.4) is 0 Å². The van der Waals surface area contributed by atoms with Gasteiger partial charge in [0.25, 0.3) is 5.69 Å². The largest absolute Gasteiger partial charge is 0.405 e. The van der Waals surface area contributed by atoms with E-state index in [4.69, 9.17) is 34.8 Å². The van der Waals surface area contributed by atoms with Crippen molar-refractivity contribution in [1.29, 1.82) is 0 Å². The Kier molecular flexibility index (Phi) is 4.74. The Labute approximate surface area is 137 Å². The monoisotopic (exact) mass is 371 g/mol. The molecule has 1 aromatic carbocycles. The Hall–Kier alpha value is -1.64. The van der Waals surface area contributed by atoms with Crippen molar-refractivity contribution in [1.82, 2.24) is 9.71 Å². The van der Waals surface area contributed by atoms with Crippen LogP contribution in [-0.2, 0) is 0 Å². The van der Waals surface area contributed by atoms with Gasteiger partial charge in [-0.2, -0.15) is 13.5 Å². The van der Waals surface area contributed by atoms with Crippen molar-refractivity contribution in [2.45, 2.75) is 13.5 Å². The third-order valence-corrected chi connectivity index (χ3v) is 3.56. The summed E-state index contributed by atoms with van der Waals surface area (Å²) in [7, 11) is 0. The maximum Gasteiger partial charge on any atom is 0.405 e. The predicted octanol–water partition coefficient (Wildman–Crippen LogP) is 4.38. The highest BCUT2D eigenvalue weighted by Crippen LogP contribution is 2.39. The molecule has 0 radical (unpaired) electrons. The zero-order chi connectivity index (χ0) is 16.6. The zero-order valence-corrected chi connectivity index (χ0v) is 13.0. The Balaban J connectivity index is 2.62. The van der Waals surface area contributed by atoms with Gasteiger partial charge in [-0.1, -0.05) is 34.8 Å². The summed E-state index contributed by atoms with van der Waals surface area (Å²) in [6.07, 6.45) is 0. The van der Waals surface area contributed by atoms with E-state index in [0.717, 1.165) is 12.1 Å². The number of rotatable bonds is 4. The Morgan fingerprint density at radius 1 is 1.32 bits per heavy atom. The number of benzene rings is 1. The molecule has 1 heterocycles. The van der Waals surface area contributed by atoms with Crippen LogP contribution in [0, 0.1) is 17.0 Å². The lowest BCUT2D eigenvalue weighted by molar-refractivity contribution is -0.384. The summed E-state index contributed by atoms with van der Waals surface area (Å²) in [4.78, 5) is 18.4. The average molecular weight is 373 g/mol. The molecule has 0 saturated carbocycles. The first-order chi connectivity index (χ1) is 10.2. The van der Waals surface area contributed by atoms with Crippen molar-refractivity contribution in [2.75, 3.05) is 0 Å². The van der Waals surface area contributed by atoms with Gasteiger partial charge < -0.3 is 4.84 Å². The standard InChI is InChI=1S/C11H6Cl3F2N3O3/c1-4-17-9(10(14)18(4)22-11(15)16)5-2-8(19(20)21)7(13)3-6(5)12/h2-3,11H,1H3. The number of halogens is 5. The molecule has 2 rings (SSSR count). The quantitative estimate of drug-likeness (QED) is 0.590. The second kappa shape index (κ2) is 6.23. The van der Waals surface area contributed by atoms with Gasteiger partial charge >= 0.3 is 6.61 Å². The molecule has 0 aliphatic heterocycles. The van der Waals surface area contributed by atoms with E-state index in [1.54, 1.807) is 0 Å². The molecule has 0 aliphatic rings. The van der Waals surface area contributed by atoms with Gasteiger partial charge in [0.1, 0.15) is 16.5 Å². The minimum Gasteiger partial charge on any atom is -0.341 e. The Bertz CT molecular complexity index is 752. The van der Waals surface area contributed by atoms with Crippen LogP contribution in [-0.4, -0.2) is 21.2 Å². The van der Waals surface area contributed by atoms with Crippen LogP contribution in [0.5, 0.6) is 0 Å².